The number of carbonyl (C=O) groups excluding carboxylic acids is 3. The van der Waals surface area contributed by atoms with E-state index in [2.05, 4.69) is 0 Å². The van der Waals surface area contributed by atoms with E-state index in [1.165, 1.54) is 5.38 Å². The van der Waals surface area contributed by atoms with E-state index in [0.717, 1.165) is 11.3 Å². The molecule has 1 aliphatic carbocycles. The molecule has 0 aliphatic heterocycles. The number of fused-ring (bicyclic) bond motifs is 1. The van der Waals surface area contributed by atoms with Crippen molar-refractivity contribution in [3.8, 4) is 0 Å². The van der Waals surface area contributed by atoms with Crippen LogP contribution in [0.1, 0.15) is 35.5 Å². The number of hydrogen-bond acceptors (Lipinski definition) is 8. The molecular formula is C15H17NO7S. The lowest BCUT2D eigenvalue weighted by atomic mass is 9.78. The molecule has 0 saturated carbocycles. The Morgan fingerprint density at radius 1 is 1.33 bits per heavy atom. The van der Waals surface area contributed by atoms with Gasteiger partial charge in [-0.1, -0.05) is 0 Å². The first kappa shape index (κ1) is 18.1. The van der Waals surface area contributed by atoms with Crippen LogP contribution in [0.4, 0.5) is 5.69 Å². The van der Waals surface area contributed by atoms with E-state index < -0.39 is 34.5 Å². The van der Waals surface area contributed by atoms with Gasteiger partial charge in [-0.2, -0.15) is 0 Å². The van der Waals surface area contributed by atoms with E-state index in [1.54, 1.807) is 13.8 Å². The third kappa shape index (κ3) is 3.30. The van der Waals surface area contributed by atoms with Gasteiger partial charge in [0, 0.05) is 5.92 Å². The molecule has 1 aliphatic rings. The van der Waals surface area contributed by atoms with Gasteiger partial charge in [0.2, 0.25) is 0 Å². The quantitative estimate of drug-likeness (QED) is 0.332. The Labute approximate surface area is 141 Å². The van der Waals surface area contributed by atoms with E-state index >= 15 is 0 Å². The van der Waals surface area contributed by atoms with Crippen molar-refractivity contribution in [3.05, 3.63) is 25.9 Å². The van der Waals surface area contributed by atoms with E-state index in [9.17, 15) is 24.5 Å². The van der Waals surface area contributed by atoms with Crippen LogP contribution < -0.4 is 0 Å². The Bertz CT molecular complexity index is 663. The minimum absolute atomic E-state index is 0.0748. The Hall–Kier alpha value is -2.29. The number of ether oxygens (including phenoxy) is 2. The Kier molecular flexibility index (Phi) is 5.66. The normalized spacial score (nSPS) is 16.6. The monoisotopic (exact) mass is 355 g/mol. The van der Waals surface area contributed by atoms with Gasteiger partial charge in [0.15, 0.2) is 11.7 Å². The second-order valence-electron chi connectivity index (χ2n) is 5.18. The number of rotatable bonds is 6. The van der Waals surface area contributed by atoms with E-state index in [0.29, 0.717) is 5.56 Å². The first-order valence-corrected chi connectivity index (χ1v) is 8.42. The fraction of sp³-hybridized carbons (Fsp3) is 0.533. The highest BCUT2D eigenvalue weighted by Crippen LogP contribution is 2.39. The summed E-state index contributed by atoms with van der Waals surface area (Å²) in [5.41, 5.74) is 0.281. The second-order valence-corrected chi connectivity index (χ2v) is 6.06. The Balaban J connectivity index is 2.34. The van der Waals surface area contributed by atoms with E-state index in [4.69, 9.17) is 9.47 Å². The van der Waals surface area contributed by atoms with Gasteiger partial charge in [-0.3, -0.25) is 24.5 Å². The predicted molar refractivity (Wildman–Crippen MR) is 83.9 cm³/mol. The molecule has 2 rings (SSSR count). The highest BCUT2D eigenvalue weighted by molar-refractivity contribution is 7.12. The van der Waals surface area contributed by atoms with Crippen LogP contribution in [0, 0.1) is 22.0 Å². The van der Waals surface area contributed by atoms with Gasteiger partial charge >= 0.3 is 11.9 Å². The zero-order chi connectivity index (χ0) is 17.9. The number of nitrogens with zero attached hydrogens (tertiary/aromatic N) is 1. The molecule has 0 radical (unpaired) electrons. The van der Waals surface area contributed by atoms with Crippen LogP contribution >= 0.6 is 11.3 Å². The van der Waals surface area contributed by atoms with Gasteiger partial charge in [0.25, 0.3) is 5.69 Å². The van der Waals surface area contributed by atoms with Gasteiger partial charge < -0.3 is 9.47 Å². The maximum Gasteiger partial charge on any atom is 0.321 e. The van der Waals surface area contributed by atoms with Gasteiger partial charge in [-0.05, 0) is 26.7 Å². The van der Waals surface area contributed by atoms with Crippen LogP contribution in [0.3, 0.4) is 0 Å². The first-order chi connectivity index (χ1) is 11.4. The lowest BCUT2D eigenvalue weighted by molar-refractivity contribution is -0.385. The average Bonchev–Trinajstić information content (AvgIpc) is 2.95. The molecule has 0 saturated heterocycles. The number of carbonyl (C=O) groups is 3. The highest BCUT2D eigenvalue weighted by atomic mass is 32.1. The number of thiophene rings is 1. The summed E-state index contributed by atoms with van der Waals surface area (Å²) in [7, 11) is 0. The van der Waals surface area contributed by atoms with E-state index in [-0.39, 0.29) is 36.6 Å². The smallest absolute Gasteiger partial charge is 0.321 e. The molecule has 0 amide bonds. The molecule has 0 fully saturated rings. The lowest BCUT2D eigenvalue weighted by Gasteiger charge is -2.25. The van der Waals surface area contributed by atoms with Crippen LogP contribution in [0.5, 0.6) is 0 Å². The van der Waals surface area contributed by atoms with Crippen molar-refractivity contribution in [2.75, 3.05) is 13.2 Å². The maximum atomic E-state index is 12.7. The molecule has 1 atom stereocenters. The molecule has 1 aromatic rings. The SMILES string of the molecule is CCOC(=O)C(C(=O)OCC)C1CCc2c([N+](=O)[O-])csc2C1=O. The van der Waals surface area contributed by atoms with Crippen molar-refractivity contribution >= 4 is 34.7 Å². The zero-order valence-corrected chi connectivity index (χ0v) is 14.1. The minimum Gasteiger partial charge on any atom is -0.465 e. The lowest BCUT2D eigenvalue weighted by Crippen LogP contribution is -2.40. The van der Waals surface area contributed by atoms with Crippen LogP contribution in [-0.4, -0.2) is 35.9 Å². The molecule has 0 spiro atoms. The molecule has 0 aromatic carbocycles. The van der Waals surface area contributed by atoms with Crippen molar-refractivity contribution in [1.29, 1.82) is 0 Å². The molecule has 8 nitrogen and oxygen atoms in total. The molecule has 24 heavy (non-hydrogen) atoms. The van der Waals surface area contributed by atoms with Gasteiger partial charge in [0.1, 0.15) is 0 Å². The fourth-order valence-corrected chi connectivity index (χ4v) is 3.86. The summed E-state index contributed by atoms with van der Waals surface area (Å²) in [6, 6.07) is 0. The molecule has 1 aromatic heterocycles. The first-order valence-electron chi connectivity index (χ1n) is 7.54. The van der Waals surface area contributed by atoms with Gasteiger partial charge in [-0.25, -0.2) is 0 Å². The molecule has 1 unspecified atom stereocenters. The maximum absolute atomic E-state index is 12.7. The molecule has 0 bridgehead atoms. The molecular weight excluding hydrogens is 338 g/mol. The standard InChI is InChI=1S/C15H17NO7S/c1-3-22-14(18)11(15(19)23-4-2)9-6-5-8-10(16(20)21)7-24-13(8)12(9)17/h7,9,11H,3-6H2,1-2H3. The van der Waals surface area contributed by atoms with Crippen LogP contribution in [-0.2, 0) is 25.5 Å². The van der Waals surface area contributed by atoms with Crippen molar-refractivity contribution in [2.45, 2.75) is 26.7 Å². The van der Waals surface area contributed by atoms with Crippen LogP contribution in [0.25, 0.3) is 0 Å². The average molecular weight is 355 g/mol. The summed E-state index contributed by atoms with van der Waals surface area (Å²) >= 11 is 0.964. The molecule has 130 valence electrons. The van der Waals surface area contributed by atoms with Crippen molar-refractivity contribution in [3.63, 3.8) is 0 Å². The fourth-order valence-electron chi connectivity index (χ4n) is 2.78. The van der Waals surface area contributed by atoms with E-state index in [1.807, 2.05) is 0 Å². The Morgan fingerprint density at radius 2 is 1.92 bits per heavy atom. The van der Waals surface area contributed by atoms with Crippen LogP contribution in [0.15, 0.2) is 5.38 Å². The predicted octanol–water partition coefficient (Wildman–Crippen LogP) is 2.14. The highest BCUT2D eigenvalue weighted by Gasteiger charge is 2.45. The minimum atomic E-state index is -1.34. The summed E-state index contributed by atoms with van der Waals surface area (Å²) in [5.74, 6) is -4.31. The Morgan fingerprint density at radius 3 is 2.42 bits per heavy atom. The molecule has 1 heterocycles. The zero-order valence-electron chi connectivity index (χ0n) is 13.3. The van der Waals surface area contributed by atoms with Crippen LogP contribution in [0.2, 0.25) is 0 Å². The van der Waals surface area contributed by atoms with Crippen molar-refractivity contribution in [2.24, 2.45) is 11.8 Å². The number of hydrogen-bond donors (Lipinski definition) is 0. The van der Waals surface area contributed by atoms with Crippen molar-refractivity contribution < 1.29 is 28.8 Å². The number of ketones is 1. The van der Waals surface area contributed by atoms with Crippen molar-refractivity contribution in [1.82, 2.24) is 0 Å². The molecule has 0 N–H and O–H groups in total. The summed E-state index contributed by atoms with van der Waals surface area (Å²) in [6.45, 7) is 3.35. The second kappa shape index (κ2) is 7.52. The summed E-state index contributed by atoms with van der Waals surface area (Å²) in [6.07, 6.45) is 0.409. The molecule has 9 heteroatoms. The number of nitro groups is 1. The summed E-state index contributed by atoms with van der Waals surface area (Å²) < 4.78 is 9.82. The third-order valence-corrected chi connectivity index (χ3v) is 4.84. The topological polar surface area (TPSA) is 113 Å². The summed E-state index contributed by atoms with van der Waals surface area (Å²) in [4.78, 5) is 47.7. The summed E-state index contributed by atoms with van der Waals surface area (Å²) in [5, 5.41) is 12.3. The number of Topliss-reactive ketones (excluding diaryl/α,β-unsaturated/α-hetero) is 1. The third-order valence-electron chi connectivity index (χ3n) is 3.82. The van der Waals surface area contributed by atoms with Gasteiger partial charge in [-0.15, -0.1) is 11.3 Å². The van der Waals surface area contributed by atoms with Gasteiger partial charge in [0.05, 0.1) is 34.0 Å². The largest absolute Gasteiger partial charge is 0.465 e. The number of esters is 2.